The number of nitrogens with one attached hydrogen (secondary N) is 4. The number of carbonyl (C=O) groups is 5. The van der Waals surface area contributed by atoms with E-state index in [1.54, 1.807) is 13.8 Å². The van der Waals surface area contributed by atoms with Crippen LogP contribution < -0.4 is 27.4 Å². The van der Waals surface area contributed by atoms with Crippen LogP contribution >= 0.6 is 0 Å². The molecule has 0 aromatic carbocycles. The Morgan fingerprint density at radius 1 is 1.03 bits per heavy atom. The van der Waals surface area contributed by atoms with Gasteiger partial charge in [0.15, 0.2) is 0 Å². The zero-order valence-corrected chi connectivity index (χ0v) is 20.0. The van der Waals surface area contributed by atoms with Gasteiger partial charge in [-0.1, -0.05) is 13.8 Å². The number of amides is 4. The van der Waals surface area contributed by atoms with Crippen LogP contribution in [0, 0.1) is 5.92 Å². The first-order valence-electron chi connectivity index (χ1n) is 11.1. The van der Waals surface area contributed by atoms with E-state index in [1.807, 2.05) is 0 Å². The highest BCUT2D eigenvalue weighted by molar-refractivity contribution is 5.94. The summed E-state index contributed by atoms with van der Waals surface area (Å²) in [6, 6.07) is -5.07. The minimum atomic E-state index is -1.48. The fourth-order valence-electron chi connectivity index (χ4n) is 3.15. The highest BCUT2D eigenvalue weighted by Gasteiger charge is 2.33. The SMILES string of the molecule is CC(C)CC(NC(=O)C(Cc1cnc[nH]1)NC(=O)C(NC(=O)C(N)CCC(N)=O)C(C)O)C(=O)O. The van der Waals surface area contributed by atoms with Crippen molar-refractivity contribution in [3.8, 4) is 0 Å². The number of aromatic nitrogens is 2. The molecule has 4 amide bonds. The molecule has 1 rings (SSSR count). The van der Waals surface area contributed by atoms with Crippen molar-refractivity contribution in [2.24, 2.45) is 17.4 Å². The van der Waals surface area contributed by atoms with Gasteiger partial charge in [-0.15, -0.1) is 0 Å². The summed E-state index contributed by atoms with van der Waals surface area (Å²) in [5.41, 5.74) is 11.2. The van der Waals surface area contributed by atoms with Crippen LogP contribution in [0.3, 0.4) is 0 Å². The van der Waals surface area contributed by atoms with Crippen molar-refractivity contribution < 1.29 is 34.2 Å². The average Bonchev–Trinajstić information content (AvgIpc) is 3.26. The molecule has 0 fully saturated rings. The lowest BCUT2D eigenvalue weighted by molar-refractivity contribution is -0.143. The Hall–Kier alpha value is -3.52. The number of nitrogens with two attached hydrogens (primary N) is 2. The second-order valence-corrected chi connectivity index (χ2v) is 8.71. The summed E-state index contributed by atoms with van der Waals surface area (Å²) >= 11 is 0. The number of H-pyrrole nitrogens is 1. The van der Waals surface area contributed by atoms with Crippen LogP contribution in [0.1, 0.15) is 45.7 Å². The molecule has 0 aliphatic heterocycles. The van der Waals surface area contributed by atoms with E-state index in [9.17, 15) is 34.2 Å². The molecule has 1 heterocycles. The molecule has 14 heteroatoms. The van der Waals surface area contributed by atoms with E-state index < -0.39 is 59.9 Å². The van der Waals surface area contributed by atoms with E-state index in [1.165, 1.54) is 19.4 Å². The summed E-state index contributed by atoms with van der Waals surface area (Å²) in [6.45, 7) is 4.86. The van der Waals surface area contributed by atoms with E-state index in [0.717, 1.165) is 0 Å². The Labute approximate surface area is 202 Å². The first-order valence-corrected chi connectivity index (χ1v) is 11.1. The average molecular weight is 498 g/mol. The molecule has 0 aliphatic carbocycles. The predicted octanol–water partition coefficient (Wildman–Crippen LogP) is -2.49. The Balaban J connectivity index is 3.00. The topological polar surface area (TPSA) is 243 Å². The summed E-state index contributed by atoms with van der Waals surface area (Å²) in [5.74, 6) is -4.36. The Morgan fingerprint density at radius 3 is 2.14 bits per heavy atom. The highest BCUT2D eigenvalue weighted by Crippen LogP contribution is 2.07. The normalized spacial score (nSPS) is 15.4. The first-order chi connectivity index (χ1) is 16.3. The molecule has 0 aliphatic rings. The lowest BCUT2D eigenvalue weighted by Crippen LogP contribution is -2.60. The zero-order valence-electron chi connectivity index (χ0n) is 20.0. The first kappa shape index (κ1) is 29.5. The second-order valence-electron chi connectivity index (χ2n) is 8.71. The summed E-state index contributed by atoms with van der Waals surface area (Å²) < 4.78 is 0. The van der Waals surface area contributed by atoms with Crippen LogP contribution in [0.2, 0.25) is 0 Å². The summed E-state index contributed by atoms with van der Waals surface area (Å²) in [6.07, 6.45) is 1.33. The predicted molar refractivity (Wildman–Crippen MR) is 123 cm³/mol. The maximum Gasteiger partial charge on any atom is 0.326 e. The van der Waals surface area contributed by atoms with Crippen LogP contribution in [0.5, 0.6) is 0 Å². The molecule has 35 heavy (non-hydrogen) atoms. The van der Waals surface area contributed by atoms with E-state index in [-0.39, 0.29) is 31.6 Å². The third kappa shape index (κ3) is 10.5. The van der Waals surface area contributed by atoms with Crippen LogP contribution in [0.15, 0.2) is 12.5 Å². The third-order valence-corrected chi connectivity index (χ3v) is 5.03. The van der Waals surface area contributed by atoms with Crippen molar-refractivity contribution in [2.75, 3.05) is 0 Å². The summed E-state index contributed by atoms with van der Waals surface area (Å²) in [5, 5.41) is 26.7. The lowest BCUT2D eigenvalue weighted by Gasteiger charge is -2.26. The van der Waals surface area contributed by atoms with Gasteiger partial charge >= 0.3 is 5.97 Å². The smallest absolute Gasteiger partial charge is 0.326 e. The number of imidazole rings is 1. The van der Waals surface area contributed by atoms with Crippen molar-refractivity contribution in [2.45, 2.75) is 76.7 Å². The van der Waals surface area contributed by atoms with Gasteiger partial charge < -0.3 is 42.6 Å². The fourth-order valence-corrected chi connectivity index (χ4v) is 3.15. The molecule has 0 saturated carbocycles. The minimum absolute atomic E-state index is 0.0225. The van der Waals surface area contributed by atoms with Gasteiger partial charge in [-0.05, 0) is 25.7 Å². The molecule has 10 N–H and O–H groups in total. The number of carbonyl (C=O) groups excluding carboxylic acids is 4. The van der Waals surface area contributed by atoms with Gasteiger partial charge in [-0.2, -0.15) is 0 Å². The molecule has 5 unspecified atom stereocenters. The maximum atomic E-state index is 12.9. The minimum Gasteiger partial charge on any atom is -0.480 e. The molecule has 0 spiro atoms. The second kappa shape index (κ2) is 14.0. The van der Waals surface area contributed by atoms with Gasteiger partial charge in [-0.3, -0.25) is 19.2 Å². The van der Waals surface area contributed by atoms with Crippen molar-refractivity contribution in [3.05, 3.63) is 18.2 Å². The van der Waals surface area contributed by atoms with E-state index >= 15 is 0 Å². The summed E-state index contributed by atoms with van der Waals surface area (Å²) in [7, 11) is 0. The molecule has 0 radical (unpaired) electrons. The quantitative estimate of drug-likeness (QED) is 0.128. The molecular formula is C21H35N7O7. The molecule has 5 atom stereocenters. The fraction of sp³-hybridized carbons (Fsp3) is 0.619. The van der Waals surface area contributed by atoms with Gasteiger partial charge in [0.1, 0.15) is 18.1 Å². The summed E-state index contributed by atoms with van der Waals surface area (Å²) in [4.78, 5) is 67.3. The van der Waals surface area contributed by atoms with Gasteiger partial charge in [0, 0.05) is 24.7 Å². The van der Waals surface area contributed by atoms with E-state index in [2.05, 4.69) is 25.9 Å². The van der Waals surface area contributed by atoms with Crippen molar-refractivity contribution in [3.63, 3.8) is 0 Å². The molecule has 1 aromatic rings. The number of nitrogens with zero attached hydrogens (tertiary/aromatic N) is 1. The van der Waals surface area contributed by atoms with Crippen LogP contribution in [0.25, 0.3) is 0 Å². The van der Waals surface area contributed by atoms with E-state index in [0.29, 0.717) is 5.69 Å². The van der Waals surface area contributed by atoms with E-state index in [4.69, 9.17) is 11.5 Å². The number of aliphatic carboxylic acids is 1. The number of rotatable bonds is 15. The van der Waals surface area contributed by atoms with Gasteiger partial charge in [0.25, 0.3) is 0 Å². The number of carboxylic acids is 1. The number of aliphatic hydroxyl groups is 1. The number of primary amides is 1. The molecule has 14 nitrogen and oxygen atoms in total. The standard InChI is InChI=1S/C21H35N7O7/c1-10(2)6-15(21(34)35)27-19(32)14(7-12-8-24-9-25-12)26-20(33)17(11(3)29)28-18(31)13(22)4-5-16(23)30/h8-11,13-15,17,29H,4-7,22H2,1-3H3,(H2,23,30)(H,24,25)(H,26,33)(H,27,32)(H,28,31)(H,34,35). The van der Waals surface area contributed by atoms with Gasteiger partial charge in [0.2, 0.25) is 23.6 Å². The Bertz CT molecular complexity index is 873. The molecule has 0 saturated heterocycles. The molecule has 0 bridgehead atoms. The zero-order chi connectivity index (χ0) is 26.7. The molecule has 196 valence electrons. The van der Waals surface area contributed by atoms with Crippen molar-refractivity contribution in [1.29, 1.82) is 0 Å². The number of carboxylic acid groups (broad SMARTS) is 1. The van der Waals surface area contributed by atoms with Crippen LogP contribution in [-0.2, 0) is 30.4 Å². The molecular weight excluding hydrogens is 462 g/mol. The maximum absolute atomic E-state index is 12.9. The monoisotopic (exact) mass is 497 g/mol. The van der Waals surface area contributed by atoms with Gasteiger partial charge in [-0.25, -0.2) is 9.78 Å². The highest BCUT2D eigenvalue weighted by atomic mass is 16.4. The van der Waals surface area contributed by atoms with Crippen molar-refractivity contribution >= 4 is 29.6 Å². The third-order valence-electron chi connectivity index (χ3n) is 5.03. The van der Waals surface area contributed by atoms with Crippen LogP contribution in [-0.4, -0.2) is 80.1 Å². The molecule has 1 aromatic heterocycles. The number of hydrogen-bond acceptors (Lipinski definition) is 8. The number of aromatic amines is 1. The Morgan fingerprint density at radius 2 is 1.66 bits per heavy atom. The van der Waals surface area contributed by atoms with Gasteiger partial charge in [0.05, 0.1) is 18.5 Å². The lowest BCUT2D eigenvalue weighted by atomic mass is 10.0. The van der Waals surface area contributed by atoms with Crippen LogP contribution in [0.4, 0.5) is 0 Å². The largest absolute Gasteiger partial charge is 0.480 e. The number of aliphatic hydroxyl groups excluding tert-OH is 1. The Kier molecular flexibility index (Phi) is 11.8. The number of hydrogen-bond donors (Lipinski definition) is 8. The van der Waals surface area contributed by atoms with Crippen molar-refractivity contribution in [1.82, 2.24) is 25.9 Å².